The fraction of sp³-hybridized carbons (Fsp3) is 0.684. The minimum absolute atomic E-state index is 0.0158. The fourth-order valence-electron chi connectivity index (χ4n) is 2.58. The second-order valence-corrected chi connectivity index (χ2v) is 6.16. The third-order valence-corrected chi connectivity index (χ3v) is 3.98. The fourth-order valence-corrected chi connectivity index (χ4v) is 2.58. The maximum Gasteiger partial charge on any atom is 0.333 e. The summed E-state index contributed by atoms with van der Waals surface area (Å²) in [5.74, 6) is -0.942. The van der Waals surface area contributed by atoms with E-state index < -0.39 is 18.0 Å². The van der Waals surface area contributed by atoms with Crippen LogP contribution in [-0.2, 0) is 23.8 Å². The third-order valence-electron chi connectivity index (χ3n) is 3.98. The van der Waals surface area contributed by atoms with Crippen molar-refractivity contribution in [1.82, 2.24) is 0 Å². The first kappa shape index (κ1) is 20.4. The molecule has 1 saturated carbocycles. The molecule has 0 bridgehead atoms. The molecular weight excluding hydrogens is 308 g/mol. The van der Waals surface area contributed by atoms with Crippen LogP contribution in [0.2, 0.25) is 0 Å². The van der Waals surface area contributed by atoms with E-state index in [0.29, 0.717) is 12.2 Å². The maximum absolute atomic E-state index is 12.2. The van der Waals surface area contributed by atoms with Crippen molar-refractivity contribution in [3.63, 3.8) is 0 Å². The van der Waals surface area contributed by atoms with Crippen LogP contribution in [0.25, 0.3) is 0 Å². The summed E-state index contributed by atoms with van der Waals surface area (Å²) in [5.41, 5.74) is 0.307. The Labute approximate surface area is 145 Å². The average molecular weight is 338 g/mol. The van der Waals surface area contributed by atoms with Crippen LogP contribution in [-0.4, -0.2) is 37.4 Å². The monoisotopic (exact) mass is 338 g/mol. The van der Waals surface area contributed by atoms with Gasteiger partial charge in [0.05, 0.1) is 6.61 Å². The van der Waals surface area contributed by atoms with Crippen molar-refractivity contribution < 1.29 is 23.8 Å². The molecule has 0 aliphatic heterocycles. The molecule has 0 amide bonds. The van der Waals surface area contributed by atoms with Crippen molar-refractivity contribution in [1.29, 1.82) is 0 Å². The molecule has 136 valence electrons. The SMILES string of the molecule is C=CC(=O)OC(COCCCC)CC(=C)C(=O)OC1CCCCC1. The predicted molar refractivity (Wildman–Crippen MR) is 92.5 cm³/mol. The molecule has 1 aliphatic rings. The van der Waals surface area contributed by atoms with Crippen LogP contribution in [0.5, 0.6) is 0 Å². The first-order valence-electron chi connectivity index (χ1n) is 8.86. The molecule has 1 unspecified atom stereocenters. The van der Waals surface area contributed by atoms with Gasteiger partial charge in [-0.25, -0.2) is 9.59 Å². The van der Waals surface area contributed by atoms with Gasteiger partial charge in [-0.2, -0.15) is 0 Å². The Balaban J connectivity index is 2.45. The van der Waals surface area contributed by atoms with Gasteiger partial charge in [0.1, 0.15) is 12.2 Å². The molecule has 0 heterocycles. The van der Waals surface area contributed by atoms with E-state index in [-0.39, 0.29) is 19.1 Å². The summed E-state index contributed by atoms with van der Waals surface area (Å²) < 4.78 is 16.2. The molecular formula is C19H30O5. The van der Waals surface area contributed by atoms with Gasteiger partial charge in [-0.05, 0) is 32.1 Å². The quantitative estimate of drug-likeness (QED) is 0.326. The molecule has 0 aromatic carbocycles. The van der Waals surface area contributed by atoms with Gasteiger partial charge in [0.15, 0.2) is 0 Å². The van der Waals surface area contributed by atoms with E-state index in [2.05, 4.69) is 20.1 Å². The number of carbonyl (C=O) groups excluding carboxylic acids is 2. The maximum atomic E-state index is 12.2. The van der Waals surface area contributed by atoms with Crippen molar-refractivity contribution >= 4 is 11.9 Å². The standard InChI is InChI=1S/C19H30O5/c1-4-6-12-22-14-17(23-18(20)5-2)13-15(3)19(21)24-16-10-8-7-9-11-16/h5,16-17H,2-4,6-14H2,1H3. The highest BCUT2D eigenvalue weighted by molar-refractivity contribution is 5.88. The van der Waals surface area contributed by atoms with E-state index in [1.54, 1.807) is 0 Å². The molecule has 1 fully saturated rings. The van der Waals surface area contributed by atoms with Crippen LogP contribution < -0.4 is 0 Å². The van der Waals surface area contributed by atoms with Gasteiger partial charge < -0.3 is 14.2 Å². The molecule has 0 spiro atoms. The molecule has 0 aromatic heterocycles. The van der Waals surface area contributed by atoms with Gasteiger partial charge in [-0.1, -0.05) is 32.9 Å². The van der Waals surface area contributed by atoms with Gasteiger partial charge in [0, 0.05) is 24.7 Å². The summed E-state index contributed by atoms with van der Waals surface area (Å²) in [7, 11) is 0. The molecule has 0 radical (unpaired) electrons. The third kappa shape index (κ3) is 8.29. The molecule has 5 nitrogen and oxygen atoms in total. The van der Waals surface area contributed by atoms with Crippen molar-refractivity contribution in [3.8, 4) is 0 Å². The lowest BCUT2D eigenvalue weighted by Crippen LogP contribution is -2.27. The first-order chi connectivity index (χ1) is 11.6. The predicted octanol–water partition coefficient (Wildman–Crippen LogP) is 3.72. The average Bonchev–Trinajstić information content (AvgIpc) is 2.59. The minimum atomic E-state index is -0.557. The van der Waals surface area contributed by atoms with Crippen LogP contribution in [0, 0.1) is 0 Å². The van der Waals surface area contributed by atoms with Crippen molar-refractivity contribution in [2.75, 3.05) is 13.2 Å². The van der Waals surface area contributed by atoms with E-state index in [1.807, 2.05) is 0 Å². The molecule has 1 atom stereocenters. The molecule has 5 heteroatoms. The largest absolute Gasteiger partial charge is 0.459 e. The zero-order valence-corrected chi connectivity index (χ0v) is 14.8. The summed E-state index contributed by atoms with van der Waals surface area (Å²) in [5, 5.41) is 0. The number of unbranched alkanes of at least 4 members (excludes halogenated alkanes) is 1. The summed E-state index contributed by atoms with van der Waals surface area (Å²) in [6.45, 7) is 10.1. The van der Waals surface area contributed by atoms with Crippen LogP contribution in [0.3, 0.4) is 0 Å². The molecule has 1 rings (SSSR count). The molecule has 24 heavy (non-hydrogen) atoms. The lowest BCUT2D eigenvalue weighted by molar-refractivity contribution is -0.150. The van der Waals surface area contributed by atoms with Gasteiger partial charge >= 0.3 is 11.9 Å². The summed E-state index contributed by atoms with van der Waals surface area (Å²) in [6, 6.07) is 0. The number of carbonyl (C=O) groups is 2. The highest BCUT2D eigenvalue weighted by Crippen LogP contribution is 2.22. The summed E-state index contributed by atoms with van der Waals surface area (Å²) in [4.78, 5) is 23.6. The Kier molecular flexibility index (Phi) is 10.1. The van der Waals surface area contributed by atoms with E-state index in [1.165, 1.54) is 6.42 Å². The first-order valence-corrected chi connectivity index (χ1v) is 8.86. The summed E-state index contributed by atoms with van der Waals surface area (Å²) >= 11 is 0. The zero-order valence-electron chi connectivity index (χ0n) is 14.8. The van der Waals surface area contributed by atoms with Gasteiger partial charge in [0.2, 0.25) is 0 Å². The number of esters is 2. The zero-order chi connectivity index (χ0) is 17.8. The Morgan fingerprint density at radius 1 is 1.25 bits per heavy atom. The lowest BCUT2D eigenvalue weighted by atomic mass is 9.98. The number of hydrogen-bond acceptors (Lipinski definition) is 5. The van der Waals surface area contributed by atoms with Gasteiger partial charge in [-0.15, -0.1) is 0 Å². The van der Waals surface area contributed by atoms with E-state index in [9.17, 15) is 9.59 Å². The molecule has 1 aliphatic carbocycles. The van der Waals surface area contributed by atoms with Gasteiger partial charge in [0.25, 0.3) is 0 Å². The molecule has 0 aromatic rings. The van der Waals surface area contributed by atoms with E-state index >= 15 is 0 Å². The normalized spacial score (nSPS) is 16.2. The Hall–Kier alpha value is -1.62. The van der Waals surface area contributed by atoms with Crippen LogP contribution in [0.15, 0.2) is 24.8 Å². The van der Waals surface area contributed by atoms with Crippen molar-refractivity contribution in [3.05, 3.63) is 24.8 Å². The summed E-state index contributed by atoms with van der Waals surface area (Å²) in [6.07, 6.45) is 7.90. The smallest absolute Gasteiger partial charge is 0.333 e. The Bertz CT molecular complexity index is 423. The lowest BCUT2D eigenvalue weighted by Gasteiger charge is -2.23. The topological polar surface area (TPSA) is 61.8 Å². The van der Waals surface area contributed by atoms with Crippen LogP contribution in [0.4, 0.5) is 0 Å². The number of ether oxygens (including phenoxy) is 3. The number of rotatable bonds is 11. The highest BCUT2D eigenvalue weighted by atomic mass is 16.6. The van der Waals surface area contributed by atoms with Gasteiger partial charge in [-0.3, -0.25) is 0 Å². The van der Waals surface area contributed by atoms with Crippen molar-refractivity contribution in [2.24, 2.45) is 0 Å². The minimum Gasteiger partial charge on any atom is -0.459 e. The van der Waals surface area contributed by atoms with Crippen molar-refractivity contribution in [2.45, 2.75) is 70.5 Å². The highest BCUT2D eigenvalue weighted by Gasteiger charge is 2.23. The number of hydrogen-bond donors (Lipinski definition) is 0. The van der Waals surface area contributed by atoms with E-state index in [4.69, 9.17) is 14.2 Å². The molecule has 0 saturated heterocycles. The van der Waals surface area contributed by atoms with E-state index in [0.717, 1.165) is 44.6 Å². The Morgan fingerprint density at radius 3 is 2.58 bits per heavy atom. The molecule has 0 N–H and O–H groups in total. The van der Waals surface area contributed by atoms with Crippen LogP contribution >= 0.6 is 0 Å². The second-order valence-electron chi connectivity index (χ2n) is 6.16. The van der Waals surface area contributed by atoms with Crippen LogP contribution in [0.1, 0.15) is 58.3 Å². The Morgan fingerprint density at radius 2 is 1.96 bits per heavy atom. The second kappa shape index (κ2) is 11.8.